The molecule has 0 bridgehead atoms. The molecule has 1 aromatic rings. The average molecular weight is 199 g/mol. The Labute approximate surface area is 83.9 Å². The highest BCUT2D eigenvalue weighted by Crippen LogP contribution is 1.98. The minimum atomic E-state index is 0.277. The van der Waals surface area contributed by atoms with E-state index in [0.717, 1.165) is 38.0 Å². The normalized spacial score (nSPS) is 10.6. The molecule has 0 atom stereocenters. The first-order valence-electron chi connectivity index (χ1n) is 5.01. The van der Waals surface area contributed by atoms with Gasteiger partial charge in [-0.25, -0.2) is 0 Å². The molecule has 80 valence electrons. The van der Waals surface area contributed by atoms with Crippen molar-refractivity contribution in [3.63, 3.8) is 0 Å². The maximum Gasteiger partial charge on any atom is 0.124 e. The first-order valence-corrected chi connectivity index (χ1v) is 5.01. The number of hydrogen-bond donors (Lipinski definition) is 1. The zero-order chi connectivity index (χ0) is 10.1. The monoisotopic (exact) mass is 199 g/mol. The molecule has 0 amide bonds. The molecule has 0 saturated heterocycles. The molecule has 1 heterocycles. The Morgan fingerprint density at radius 1 is 1.29 bits per heavy atom. The summed E-state index contributed by atoms with van der Waals surface area (Å²) in [6.45, 7) is 1.72. The summed E-state index contributed by atoms with van der Waals surface area (Å²) in [5, 5.41) is 12.3. The maximum absolute atomic E-state index is 8.53. The van der Waals surface area contributed by atoms with Gasteiger partial charge in [0.15, 0.2) is 0 Å². The highest BCUT2D eigenvalue weighted by molar-refractivity contribution is 4.94. The van der Waals surface area contributed by atoms with E-state index >= 15 is 0 Å². The molecule has 0 saturated carbocycles. The van der Waals surface area contributed by atoms with Crippen molar-refractivity contribution in [2.24, 2.45) is 0 Å². The van der Waals surface area contributed by atoms with Crippen LogP contribution in [0.3, 0.4) is 0 Å². The molecule has 0 aliphatic carbocycles. The van der Waals surface area contributed by atoms with E-state index in [1.165, 1.54) is 0 Å². The number of aliphatic hydroxyl groups is 1. The molecule has 0 fully saturated rings. The molecular formula is C10H17NO3. The molecule has 0 aliphatic rings. The van der Waals surface area contributed by atoms with Crippen molar-refractivity contribution in [2.45, 2.75) is 25.7 Å². The number of aliphatic hydroxyl groups excluding tert-OH is 1. The van der Waals surface area contributed by atoms with Gasteiger partial charge in [0, 0.05) is 25.7 Å². The summed E-state index contributed by atoms with van der Waals surface area (Å²) >= 11 is 0. The first-order chi connectivity index (χ1) is 6.93. The highest BCUT2D eigenvalue weighted by atomic mass is 16.5. The van der Waals surface area contributed by atoms with E-state index in [4.69, 9.17) is 14.4 Å². The third-order valence-electron chi connectivity index (χ3n) is 1.94. The summed E-state index contributed by atoms with van der Waals surface area (Å²) < 4.78 is 10.1. The lowest BCUT2D eigenvalue weighted by Gasteiger charge is -2.01. The van der Waals surface area contributed by atoms with Gasteiger partial charge >= 0.3 is 0 Å². The molecule has 14 heavy (non-hydrogen) atoms. The van der Waals surface area contributed by atoms with Gasteiger partial charge in [0.2, 0.25) is 0 Å². The Kier molecular flexibility index (Phi) is 6.02. The van der Waals surface area contributed by atoms with E-state index in [0.29, 0.717) is 6.61 Å². The molecular weight excluding hydrogens is 182 g/mol. The van der Waals surface area contributed by atoms with Crippen LogP contribution in [-0.4, -0.2) is 30.1 Å². The molecule has 0 radical (unpaired) electrons. The Bertz CT molecular complexity index is 211. The van der Waals surface area contributed by atoms with Crippen molar-refractivity contribution >= 4 is 0 Å². The van der Waals surface area contributed by atoms with E-state index in [-0.39, 0.29) is 6.61 Å². The molecule has 0 unspecified atom stereocenters. The summed E-state index contributed by atoms with van der Waals surface area (Å²) in [4.78, 5) is 0. The summed E-state index contributed by atoms with van der Waals surface area (Å²) in [5.41, 5.74) is 0.931. The first kappa shape index (κ1) is 11.2. The fourth-order valence-corrected chi connectivity index (χ4v) is 1.14. The number of rotatable bonds is 8. The summed E-state index contributed by atoms with van der Waals surface area (Å²) in [6, 6.07) is 1.84. The zero-order valence-electron chi connectivity index (χ0n) is 8.32. The van der Waals surface area contributed by atoms with Gasteiger partial charge in [-0.2, -0.15) is 0 Å². The molecule has 1 aromatic heterocycles. The quantitative estimate of drug-likeness (QED) is 0.643. The van der Waals surface area contributed by atoms with Crippen molar-refractivity contribution < 1.29 is 14.4 Å². The predicted molar refractivity (Wildman–Crippen MR) is 52.0 cm³/mol. The van der Waals surface area contributed by atoms with Crippen molar-refractivity contribution in [3.05, 3.63) is 18.0 Å². The second-order valence-electron chi connectivity index (χ2n) is 3.14. The third-order valence-corrected chi connectivity index (χ3v) is 1.94. The van der Waals surface area contributed by atoms with E-state index in [9.17, 15) is 0 Å². The van der Waals surface area contributed by atoms with Gasteiger partial charge in [-0.15, -0.1) is 0 Å². The van der Waals surface area contributed by atoms with Crippen molar-refractivity contribution in [1.29, 1.82) is 0 Å². The third kappa shape index (κ3) is 4.99. The minimum absolute atomic E-state index is 0.277. The zero-order valence-corrected chi connectivity index (χ0v) is 8.32. The second-order valence-corrected chi connectivity index (χ2v) is 3.14. The molecule has 0 aliphatic heterocycles. The topological polar surface area (TPSA) is 55.5 Å². The van der Waals surface area contributed by atoms with E-state index in [2.05, 4.69) is 5.16 Å². The lowest BCUT2D eigenvalue weighted by Crippen LogP contribution is -2.00. The predicted octanol–water partition coefficient (Wildman–Crippen LogP) is 1.40. The van der Waals surface area contributed by atoms with Crippen LogP contribution in [0.2, 0.25) is 0 Å². The van der Waals surface area contributed by atoms with Crippen LogP contribution in [0, 0.1) is 0 Å². The SMILES string of the molecule is OCCCCCOCCc1ccon1. The van der Waals surface area contributed by atoms with Crippen LogP contribution >= 0.6 is 0 Å². The van der Waals surface area contributed by atoms with E-state index < -0.39 is 0 Å². The Balaban J connectivity index is 1.85. The Morgan fingerprint density at radius 2 is 2.21 bits per heavy atom. The Hall–Kier alpha value is -0.870. The molecule has 1 rings (SSSR count). The van der Waals surface area contributed by atoms with Gasteiger partial charge in [-0.3, -0.25) is 0 Å². The van der Waals surface area contributed by atoms with Crippen LogP contribution in [0.25, 0.3) is 0 Å². The number of unbranched alkanes of at least 4 members (excludes halogenated alkanes) is 2. The van der Waals surface area contributed by atoms with E-state index in [1.807, 2.05) is 6.07 Å². The maximum atomic E-state index is 8.53. The number of nitrogens with zero attached hydrogens (tertiary/aromatic N) is 1. The van der Waals surface area contributed by atoms with Gasteiger partial charge in [-0.1, -0.05) is 5.16 Å². The van der Waals surface area contributed by atoms with Gasteiger partial charge < -0.3 is 14.4 Å². The van der Waals surface area contributed by atoms with Crippen LogP contribution in [0.4, 0.5) is 0 Å². The van der Waals surface area contributed by atoms with Gasteiger partial charge in [-0.05, 0) is 19.3 Å². The van der Waals surface area contributed by atoms with E-state index in [1.54, 1.807) is 6.26 Å². The van der Waals surface area contributed by atoms with Gasteiger partial charge in [0.05, 0.1) is 12.3 Å². The second kappa shape index (κ2) is 7.53. The fourth-order valence-electron chi connectivity index (χ4n) is 1.14. The van der Waals surface area contributed by atoms with Crippen LogP contribution in [0.5, 0.6) is 0 Å². The molecule has 0 spiro atoms. The van der Waals surface area contributed by atoms with Crippen LogP contribution in [0.15, 0.2) is 16.9 Å². The van der Waals surface area contributed by atoms with Crippen LogP contribution in [-0.2, 0) is 11.2 Å². The molecule has 1 N–H and O–H groups in total. The largest absolute Gasteiger partial charge is 0.396 e. The van der Waals surface area contributed by atoms with Gasteiger partial charge in [0.1, 0.15) is 6.26 Å². The van der Waals surface area contributed by atoms with Gasteiger partial charge in [0.25, 0.3) is 0 Å². The number of hydrogen-bond acceptors (Lipinski definition) is 4. The van der Waals surface area contributed by atoms with Crippen molar-refractivity contribution in [2.75, 3.05) is 19.8 Å². The average Bonchev–Trinajstić information content (AvgIpc) is 2.69. The molecule has 4 heteroatoms. The molecule has 0 aromatic carbocycles. The summed E-state index contributed by atoms with van der Waals surface area (Å²) in [5.74, 6) is 0. The number of aromatic nitrogens is 1. The van der Waals surface area contributed by atoms with Crippen molar-refractivity contribution in [3.8, 4) is 0 Å². The standard InChI is InChI=1S/C10H17NO3/c12-6-2-1-3-7-13-8-4-10-5-9-14-11-10/h5,9,12H,1-4,6-8H2. The lowest BCUT2D eigenvalue weighted by atomic mass is 10.2. The summed E-state index contributed by atoms with van der Waals surface area (Å²) in [7, 11) is 0. The minimum Gasteiger partial charge on any atom is -0.396 e. The lowest BCUT2D eigenvalue weighted by molar-refractivity contribution is 0.130. The highest BCUT2D eigenvalue weighted by Gasteiger charge is 1.95. The van der Waals surface area contributed by atoms with Crippen LogP contribution in [0.1, 0.15) is 25.0 Å². The van der Waals surface area contributed by atoms with Crippen LogP contribution < -0.4 is 0 Å². The summed E-state index contributed by atoms with van der Waals surface area (Å²) in [6.07, 6.45) is 5.28. The smallest absolute Gasteiger partial charge is 0.124 e. The van der Waals surface area contributed by atoms with Crippen molar-refractivity contribution in [1.82, 2.24) is 5.16 Å². The fraction of sp³-hybridized carbons (Fsp3) is 0.700. The Morgan fingerprint density at radius 3 is 2.93 bits per heavy atom. The molecule has 4 nitrogen and oxygen atoms in total. The number of ether oxygens (including phenoxy) is 1.